The lowest BCUT2D eigenvalue weighted by Crippen LogP contribution is -2.05. The first-order valence-electron chi connectivity index (χ1n) is 5.62. The van der Waals surface area contributed by atoms with Crippen molar-refractivity contribution in [1.29, 1.82) is 0 Å². The zero-order chi connectivity index (χ0) is 11.7. The van der Waals surface area contributed by atoms with Crippen molar-refractivity contribution in [2.75, 3.05) is 5.73 Å². The fraction of sp³-hybridized carbons (Fsp3) is 0.545. The van der Waals surface area contributed by atoms with Crippen LogP contribution >= 0.6 is 0 Å². The number of hydrogen-bond donors (Lipinski definition) is 1. The Bertz CT molecular complexity index is 500. The predicted molar refractivity (Wildman–Crippen MR) is 64.1 cm³/mol. The summed E-state index contributed by atoms with van der Waals surface area (Å²) in [7, 11) is 0. The molecule has 5 nitrogen and oxygen atoms in total. The average molecular weight is 219 g/mol. The molecule has 0 atom stereocenters. The topological polar surface area (TPSA) is 69.6 Å². The highest BCUT2D eigenvalue weighted by Crippen LogP contribution is 2.19. The maximum Gasteiger partial charge on any atom is 0.222 e. The number of rotatable bonds is 3. The fourth-order valence-corrected chi connectivity index (χ4v) is 1.78. The summed E-state index contributed by atoms with van der Waals surface area (Å²) in [6.07, 6.45) is 3.72. The number of aromatic nitrogens is 4. The number of hydrogen-bond acceptors (Lipinski definition) is 4. The molecule has 2 aromatic heterocycles. The van der Waals surface area contributed by atoms with Gasteiger partial charge in [-0.15, -0.1) is 0 Å². The Morgan fingerprint density at radius 3 is 2.75 bits per heavy atom. The van der Waals surface area contributed by atoms with Crippen LogP contribution in [-0.2, 0) is 6.42 Å². The van der Waals surface area contributed by atoms with E-state index in [1.807, 2.05) is 10.9 Å². The minimum Gasteiger partial charge on any atom is -0.368 e. The van der Waals surface area contributed by atoms with Crippen LogP contribution in [0.2, 0.25) is 0 Å². The van der Waals surface area contributed by atoms with E-state index in [1.54, 1.807) is 0 Å². The summed E-state index contributed by atoms with van der Waals surface area (Å²) < 4.78 is 2.02. The molecule has 0 saturated carbocycles. The van der Waals surface area contributed by atoms with Crippen LogP contribution < -0.4 is 5.73 Å². The maximum absolute atomic E-state index is 5.72. The lowest BCUT2D eigenvalue weighted by atomic mass is 10.2. The van der Waals surface area contributed by atoms with Crippen LogP contribution in [0.1, 0.15) is 38.9 Å². The van der Waals surface area contributed by atoms with Crippen LogP contribution in [0.5, 0.6) is 0 Å². The van der Waals surface area contributed by atoms with Crippen LogP contribution in [0, 0.1) is 0 Å². The van der Waals surface area contributed by atoms with E-state index in [4.69, 9.17) is 5.73 Å². The van der Waals surface area contributed by atoms with Crippen LogP contribution in [0.3, 0.4) is 0 Å². The van der Waals surface area contributed by atoms with Crippen molar-refractivity contribution < 1.29 is 0 Å². The fourth-order valence-electron chi connectivity index (χ4n) is 1.78. The van der Waals surface area contributed by atoms with E-state index in [0.717, 1.165) is 29.7 Å². The first-order chi connectivity index (χ1) is 7.63. The van der Waals surface area contributed by atoms with E-state index in [2.05, 4.69) is 35.7 Å². The second-order valence-corrected chi connectivity index (χ2v) is 4.20. The van der Waals surface area contributed by atoms with Crippen molar-refractivity contribution in [2.45, 2.75) is 39.7 Å². The standard InChI is InChI=1S/C11H17N5/c1-4-5-8-9-10(15-11(12)14-8)16(6-13-9)7(2)3/h6-7H,4-5H2,1-3H3,(H2,12,14,15). The van der Waals surface area contributed by atoms with Gasteiger partial charge in [0.1, 0.15) is 5.52 Å². The third kappa shape index (κ3) is 1.73. The van der Waals surface area contributed by atoms with Crippen LogP contribution in [0.25, 0.3) is 11.2 Å². The summed E-state index contributed by atoms with van der Waals surface area (Å²) in [6.45, 7) is 6.31. The highest BCUT2D eigenvalue weighted by molar-refractivity contribution is 5.74. The molecule has 0 saturated heterocycles. The molecular formula is C11H17N5. The Labute approximate surface area is 94.7 Å². The zero-order valence-corrected chi connectivity index (χ0v) is 9.94. The zero-order valence-electron chi connectivity index (χ0n) is 9.94. The molecule has 0 bridgehead atoms. The van der Waals surface area contributed by atoms with E-state index in [-0.39, 0.29) is 0 Å². The molecule has 2 N–H and O–H groups in total. The number of nitrogen functional groups attached to an aromatic ring is 1. The van der Waals surface area contributed by atoms with Crippen molar-refractivity contribution in [3.05, 3.63) is 12.0 Å². The highest BCUT2D eigenvalue weighted by Gasteiger charge is 2.12. The molecule has 0 amide bonds. The van der Waals surface area contributed by atoms with Gasteiger partial charge in [-0.25, -0.2) is 9.97 Å². The molecule has 0 aliphatic carbocycles. The molecule has 2 heterocycles. The van der Waals surface area contributed by atoms with Crippen LogP contribution in [-0.4, -0.2) is 19.5 Å². The second-order valence-electron chi connectivity index (χ2n) is 4.20. The van der Waals surface area contributed by atoms with Crippen LogP contribution in [0.15, 0.2) is 6.33 Å². The number of imidazole rings is 1. The predicted octanol–water partition coefficient (Wildman–Crippen LogP) is 1.94. The molecule has 0 aliphatic heterocycles. The Kier molecular flexibility index (Phi) is 2.77. The summed E-state index contributed by atoms with van der Waals surface area (Å²) >= 11 is 0. The summed E-state index contributed by atoms with van der Waals surface area (Å²) in [6, 6.07) is 0.328. The van der Waals surface area contributed by atoms with E-state index in [1.165, 1.54) is 0 Å². The minimum absolute atomic E-state index is 0.328. The lowest BCUT2D eigenvalue weighted by Gasteiger charge is -2.08. The van der Waals surface area contributed by atoms with Gasteiger partial charge in [0.25, 0.3) is 0 Å². The van der Waals surface area contributed by atoms with Gasteiger partial charge in [-0.3, -0.25) is 0 Å². The van der Waals surface area contributed by atoms with Crippen molar-refractivity contribution in [2.24, 2.45) is 0 Å². The van der Waals surface area contributed by atoms with Crippen molar-refractivity contribution in [3.8, 4) is 0 Å². The smallest absolute Gasteiger partial charge is 0.222 e. The summed E-state index contributed by atoms with van der Waals surface area (Å²) in [5.74, 6) is 0.332. The third-order valence-electron chi connectivity index (χ3n) is 2.55. The van der Waals surface area contributed by atoms with Gasteiger partial charge in [-0.05, 0) is 20.3 Å². The molecule has 0 unspecified atom stereocenters. The number of aryl methyl sites for hydroxylation is 1. The maximum atomic E-state index is 5.72. The van der Waals surface area contributed by atoms with E-state index in [0.29, 0.717) is 12.0 Å². The first kappa shape index (κ1) is 10.9. The van der Waals surface area contributed by atoms with Gasteiger partial charge in [0.05, 0.1) is 12.0 Å². The Balaban J connectivity index is 2.65. The van der Waals surface area contributed by atoms with Crippen molar-refractivity contribution >= 4 is 17.1 Å². The first-order valence-corrected chi connectivity index (χ1v) is 5.62. The van der Waals surface area contributed by atoms with Crippen LogP contribution in [0.4, 0.5) is 5.95 Å². The van der Waals surface area contributed by atoms with Gasteiger partial charge in [0.15, 0.2) is 5.65 Å². The van der Waals surface area contributed by atoms with Crippen molar-refractivity contribution in [1.82, 2.24) is 19.5 Å². The number of fused-ring (bicyclic) bond motifs is 1. The van der Waals surface area contributed by atoms with Gasteiger partial charge >= 0.3 is 0 Å². The molecule has 0 aromatic carbocycles. The third-order valence-corrected chi connectivity index (χ3v) is 2.55. The second kappa shape index (κ2) is 4.08. The summed E-state index contributed by atoms with van der Waals surface area (Å²) in [4.78, 5) is 12.9. The largest absolute Gasteiger partial charge is 0.368 e. The van der Waals surface area contributed by atoms with Crippen molar-refractivity contribution in [3.63, 3.8) is 0 Å². The normalized spacial score (nSPS) is 11.5. The Morgan fingerprint density at radius 1 is 1.38 bits per heavy atom. The molecule has 2 rings (SSSR count). The molecular weight excluding hydrogens is 202 g/mol. The monoisotopic (exact) mass is 219 g/mol. The molecule has 0 aliphatic rings. The van der Waals surface area contributed by atoms with Gasteiger partial charge < -0.3 is 10.3 Å². The van der Waals surface area contributed by atoms with Gasteiger partial charge in [0.2, 0.25) is 5.95 Å². The van der Waals surface area contributed by atoms with Gasteiger partial charge in [0, 0.05) is 6.04 Å². The van der Waals surface area contributed by atoms with E-state index >= 15 is 0 Å². The number of nitrogens with two attached hydrogens (primary N) is 1. The molecule has 2 aromatic rings. The summed E-state index contributed by atoms with van der Waals surface area (Å²) in [5.41, 5.74) is 8.39. The summed E-state index contributed by atoms with van der Waals surface area (Å²) in [5, 5.41) is 0. The number of nitrogens with zero attached hydrogens (tertiary/aromatic N) is 4. The Hall–Kier alpha value is -1.65. The highest BCUT2D eigenvalue weighted by atomic mass is 15.2. The van der Waals surface area contributed by atoms with Gasteiger partial charge in [-0.1, -0.05) is 13.3 Å². The molecule has 0 spiro atoms. The van der Waals surface area contributed by atoms with Gasteiger partial charge in [-0.2, -0.15) is 4.98 Å². The molecule has 86 valence electrons. The van der Waals surface area contributed by atoms with E-state index < -0.39 is 0 Å². The lowest BCUT2D eigenvalue weighted by molar-refractivity contribution is 0.613. The average Bonchev–Trinajstić information content (AvgIpc) is 2.61. The molecule has 16 heavy (non-hydrogen) atoms. The Morgan fingerprint density at radius 2 is 2.12 bits per heavy atom. The molecule has 0 fully saturated rings. The molecule has 0 radical (unpaired) electrons. The van der Waals surface area contributed by atoms with E-state index in [9.17, 15) is 0 Å². The SMILES string of the molecule is CCCc1nc(N)nc2c1ncn2C(C)C. The molecule has 5 heteroatoms. The quantitative estimate of drug-likeness (QED) is 0.856. The number of anilines is 1. The minimum atomic E-state index is 0.328.